The van der Waals surface area contributed by atoms with Crippen molar-refractivity contribution < 1.29 is 14.3 Å². The van der Waals surface area contributed by atoms with Crippen LogP contribution in [0.4, 0.5) is 4.79 Å². The molecule has 1 saturated heterocycles. The summed E-state index contributed by atoms with van der Waals surface area (Å²) >= 11 is 0. The summed E-state index contributed by atoms with van der Waals surface area (Å²) < 4.78 is 10.7. The molecule has 1 fully saturated rings. The number of methoxy groups -OCH3 is 1. The van der Waals surface area contributed by atoms with Crippen molar-refractivity contribution in [3.8, 4) is 5.88 Å². The standard InChI is InChI=1S/C19H22N2O3/c1-14-11-16(12-20-18(14)23-2)17-9-6-10-21(17)19(22)24-13-15-7-4-3-5-8-15/h3-5,7-8,11-12,17H,6,9-10,13H2,1-2H3/t17-/m0/s1. The van der Waals surface area contributed by atoms with Gasteiger partial charge in [-0.2, -0.15) is 0 Å². The van der Waals surface area contributed by atoms with Crippen molar-refractivity contribution in [3.63, 3.8) is 0 Å². The molecule has 0 saturated carbocycles. The number of likely N-dealkylation sites (tertiary alicyclic amines) is 1. The molecule has 1 aliphatic rings. The van der Waals surface area contributed by atoms with E-state index in [2.05, 4.69) is 4.98 Å². The maximum absolute atomic E-state index is 12.5. The Kier molecular flexibility index (Phi) is 4.99. The maximum atomic E-state index is 12.5. The molecule has 2 heterocycles. The molecule has 3 rings (SSSR count). The van der Waals surface area contributed by atoms with E-state index in [4.69, 9.17) is 9.47 Å². The van der Waals surface area contributed by atoms with E-state index in [0.29, 0.717) is 19.0 Å². The van der Waals surface area contributed by atoms with Crippen LogP contribution in [0.1, 0.15) is 35.6 Å². The molecule has 2 aromatic rings. The normalized spacial score (nSPS) is 16.9. The van der Waals surface area contributed by atoms with E-state index in [1.54, 1.807) is 18.2 Å². The number of amides is 1. The first-order chi connectivity index (χ1) is 11.7. The van der Waals surface area contributed by atoms with E-state index in [1.165, 1.54) is 0 Å². The van der Waals surface area contributed by atoms with Crippen molar-refractivity contribution in [2.45, 2.75) is 32.4 Å². The predicted octanol–water partition coefficient (Wildman–Crippen LogP) is 3.87. The summed E-state index contributed by atoms with van der Waals surface area (Å²) in [6.07, 6.45) is 3.42. The Bertz CT molecular complexity index is 703. The van der Waals surface area contributed by atoms with Gasteiger partial charge in [-0.25, -0.2) is 9.78 Å². The average molecular weight is 326 g/mol. The number of carbonyl (C=O) groups excluding carboxylic acids is 1. The summed E-state index contributed by atoms with van der Waals surface area (Å²) in [5.74, 6) is 0.620. The third-order valence-electron chi connectivity index (χ3n) is 4.32. The van der Waals surface area contributed by atoms with Crippen molar-refractivity contribution >= 4 is 6.09 Å². The summed E-state index contributed by atoms with van der Waals surface area (Å²) in [6, 6.07) is 11.8. The number of carbonyl (C=O) groups is 1. The molecule has 1 atom stereocenters. The molecule has 0 unspecified atom stereocenters. The molecule has 5 heteroatoms. The number of hydrogen-bond acceptors (Lipinski definition) is 4. The van der Waals surface area contributed by atoms with Crippen molar-refractivity contribution in [3.05, 3.63) is 59.3 Å². The van der Waals surface area contributed by atoms with Crippen molar-refractivity contribution in [2.24, 2.45) is 0 Å². The zero-order valence-corrected chi connectivity index (χ0v) is 14.1. The Labute approximate surface area is 142 Å². The van der Waals surface area contributed by atoms with Crippen LogP contribution in [0.15, 0.2) is 42.6 Å². The van der Waals surface area contributed by atoms with E-state index in [-0.39, 0.29) is 12.1 Å². The summed E-state index contributed by atoms with van der Waals surface area (Å²) in [5.41, 5.74) is 2.99. The number of nitrogens with zero attached hydrogens (tertiary/aromatic N) is 2. The zero-order valence-electron chi connectivity index (χ0n) is 14.1. The first-order valence-corrected chi connectivity index (χ1v) is 8.17. The number of ether oxygens (including phenoxy) is 2. The molecule has 1 amide bonds. The Morgan fingerprint density at radius 2 is 2.12 bits per heavy atom. The number of rotatable bonds is 4. The van der Waals surface area contributed by atoms with Gasteiger partial charge >= 0.3 is 6.09 Å². The fraction of sp³-hybridized carbons (Fsp3) is 0.368. The first kappa shape index (κ1) is 16.3. The Hall–Kier alpha value is -2.56. The Balaban J connectivity index is 1.68. The summed E-state index contributed by atoms with van der Waals surface area (Å²) in [5, 5.41) is 0. The molecule has 0 radical (unpaired) electrons. The van der Waals surface area contributed by atoms with Gasteiger partial charge < -0.3 is 14.4 Å². The van der Waals surface area contributed by atoms with Gasteiger partial charge in [0.1, 0.15) is 6.61 Å². The lowest BCUT2D eigenvalue weighted by Crippen LogP contribution is -2.31. The number of pyridine rings is 1. The fourth-order valence-electron chi connectivity index (χ4n) is 3.11. The topological polar surface area (TPSA) is 51.7 Å². The average Bonchev–Trinajstić information content (AvgIpc) is 3.10. The van der Waals surface area contributed by atoms with Gasteiger partial charge in [0, 0.05) is 18.3 Å². The van der Waals surface area contributed by atoms with Crippen LogP contribution >= 0.6 is 0 Å². The fourth-order valence-corrected chi connectivity index (χ4v) is 3.11. The minimum Gasteiger partial charge on any atom is -0.481 e. The lowest BCUT2D eigenvalue weighted by atomic mass is 10.1. The minimum atomic E-state index is -0.269. The monoisotopic (exact) mass is 326 g/mol. The van der Waals surface area contributed by atoms with Crippen LogP contribution in [0.25, 0.3) is 0 Å². The van der Waals surface area contributed by atoms with E-state index in [9.17, 15) is 4.79 Å². The van der Waals surface area contributed by atoms with Crippen molar-refractivity contribution in [2.75, 3.05) is 13.7 Å². The van der Waals surface area contributed by atoms with Crippen LogP contribution in [0, 0.1) is 6.92 Å². The summed E-state index contributed by atoms with van der Waals surface area (Å²) in [6.45, 7) is 2.97. The highest BCUT2D eigenvalue weighted by atomic mass is 16.6. The molecular weight excluding hydrogens is 304 g/mol. The lowest BCUT2D eigenvalue weighted by molar-refractivity contribution is 0.0920. The number of aryl methyl sites for hydroxylation is 1. The molecule has 0 N–H and O–H groups in total. The molecule has 24 heavy (non-hydrogen) atoms. The highest BCUT2D eigenvalue weighted by Gasteiger charge is 2.31. The number of aromatic nitrogens is 1. The maximum Gasteiger partial charge on any atom is 0.410 e. The number of hydrogen-bond donors (Lipinski definition) is 0. The largest absolute Gasteiger partial charge is 0.481 e. The SMILES string of the molecule is COc1ncc([C@@H]2CCCN2C(=O)OCc2ccccc2)cc1C. The van der Waals surface area contributed by atoms with E-state index < -0.39 is 0 Å². The Morgan fingerprint density at radius 1 is 1.33 bits per heavy atom. The molecule has 1 aromatic heterocycles. The van der Waals surface area contributed by atoms with E-state index in [1.807, 2.05) is 43.3 Å². The first-order valence-electron chi connectivity index (χ1n) is 8.17. The minimum absolute atomic E-state index is 0.0189. The molecule has 0 bridgehead atoms. The van der Waals surface area contributed by atoms with Crippen LogP contribution in [-0.2, 0) is 11.3 Å². The van der Waals surface area contributed by atoms with Crippen LogP contribution in [0.2, 0.25) is 0 Å². The van der Waals surface area contributed by atoms with Gasteiger partial charge in [0.05, 0.1) is 13.2 Å². The molecule has 1 aliphatic heterocycles. The van der Waals surface area contributed by atoms with Crippen LogP contribution in [0.5, 0.6) is 5.88 Å². The summed E-state index contributed by atoms with van der Waals surface area (Å²) in [7, 11) is 1.61. The van der Waals surface area contributed by atoms with Crippen molar-refractivity contribution in [1.29, 1.82) is 0 Å². The van der Waals surface area contributed by atoms with Crippen LogP contribution in [0.3, 0.4) is 0 Å². The summed E-state index contributed by atoms with van der Waals surface area (Å²) in [4.78, 5) is 18.6. The van der Waals surface area contributed by atoms with Gasteiger partial charge in [-0.15, -0.1) is 0 Å². The van der Waals surface area contributed by atoms with E-state index in [0.717, 1.165) is 29.5 Å². The molecule has 0 aliphatic carbocycles. The van der Waals surface area contributed by atoms with E-state index >= 15 is 0 Å². The van der Waals surface area contributed by atoms with Crippen molar-refractivity contribution in [1.82, 2.24) is 9.88 Å². The lowest BCUT2D eigenvalue weighted by Gasteiger charge is -2.24. The van der Waals surface area contributed by atoms with Gasteiger partial charge in [0.25, 0.3) is 0 Å². The van der Waals surface area contributed by atoms with Gasteiger partial charge in [-0.1, -0.05) is 30.3 Å². The second-order valence-electron chi connectivity index (χ2n) is 5.99. The second-order valence-corrected chi connectivity index (χ2v) is 5.99. The van der Waals surface area contributed by atoms with Gasteiger partial charge in [-0.3, -0.25) is 0 Å². The molecule has 0 spiro atoms. The molecular formula is C19H22N2O3. The Morgan fingerprint density at radius 3 is 2.83 bits per heavy atom. The molecule has 5 nitrogen and oxygen atoms in total. The van der Waals surface area contributed by atoms with Gasteiger partial charge in [0.15, 0.2) is 0 Å². The molecule has 126 valence electrons. The van der Waals surface area contributed by atoms with Crippen LogP contribution < -0.4 is 4.74 Å². The predicted molar refractivity (Wildman–Crippen MR) is 90.8 cm³/mol. The second kappa shape index (κ2) is 7.34. The van der Waals surface area contributed by atoms with Gasteiger partial charge in [-0.05, 0) is 37.0 Å². The third-order valence-corrected chi connectivity index (χ3v) is 4.32. The quantitative estimate of drug-likeness (QED) is 0.856. The number of benzene rings is 1. The zero-order chi connectivity index (χ0) is 16.9. The highest BCUT2D eigenvalue weighted by Crippen LogP contribution is 2.33. The molecule has 1 aromatic carbocycles. The third kappa shape index (κ3) is 3.50. The highest BCUT2D eigenvalue weighted by molar-refractivity contribution is 5.68. The van der Waals surface area contributed by atoms with Gasteiger partial charge in [0.2, 0.25) is 5.88 Å². The van der Waals surface area contributed by atoms with Crippen LogP contribution in [-0.4, -0.2) is 29.6 Å². The smallest absolute Gasteiger partial charge is 0.410 e.